The lowest BCUT2D eigenvalue weighted by atomic mass is 10.2. The van der Waals surface area contributed by atoms with Crippen LogP contribution in [0.3, 0.4) is 0 Å². The average Bonchev–Trinajstić information content (AvgIpc) is 2.70. The van der Waals surface area contributed by atoms with Crippen molar-refractivity contribution in [2.24, 2.45) is 7.05 Å². The first kappa shape index (κ1) is 14.8. The molecule has 2 aromatic heterocycles. The third kappa shape index (κ3) is 2.96. The Morgan fingerprint density at radius 3 is 2.76 bits per heavy atom. The molecule has 0 aromatic carbocycles. The van der Waals surface area contributed by atoms with E-state index in [9.17, 15) is 4.79 Å². The average molecular weight is 289 g/mol. The van der Waals surface area contributed by atoms with Crippen LogP contribution in [0.4, 0.5) is 11.5 Å². The molecule has 0 fully saturated rings. The second-order valence-electron chi connectivity index (χ2n) is 4.78. The molecule has 0 bridgehead atoms. The van der Waals surface area contributed by atoms with Crippen molar-refractivity contribution in [3.63, 3.8) is 0 Å². The van der Waals surface area contributed by atoms with Gasteiger partial charge in [-0.3, -0.25) is 4.68 Å². The van der Waals surface area contributed by atoms with Crippen molar-refractivity contribution in [2.75, 3.05) is 18.2 Å². The van der Waals surface area contributed by atoms with Crippen LogP contribution in [0.1, 0.15) is 27.3 Å². The smallest absolute Gasteiger partial charge is 0.341 e. The number of nitrogens with zero attached hydrogens (tertiary/aromatic N) is 3. The summed E-state index contributed by atoms with van der Waals surface area (Å²) in [5.41, 5.74) is 9.48. The van der Waals surface area contributed by atoms with Crippen molar-refractivity contribution in [1.82, 2.24) is 14.8 Å². The van der Waals surface area contributed by atoms with E-state index in [2.05, 4.69) is 15.4 Å². The van der Waals surface area contributed by atoms with Crippen molar-refractivity contribution < 1.29 is 9.53 Å². The third-order valence-corrected chi connectivity index (χ3v) is 3.41. The standard InChI is InChI=1S/C14H19N5O2/c1-8-12(9(2)19(3)18-8)7-17-13-11(14(20)21-4)5-10(15)6-16-13/h5-6H,7,15H2,1-4H3,(H,16,17). The summed E-state index contributed by atoms with van der Waals surface area (Å²) in [6.45, 7) is 4.46. The van der Waals surface area contributed by atoms with Crippen LogP contribution >= 0.6 is 0 Å². The number of rotatable bonds is 4. The van der Waals surface area contributed by atoms with Crippen LogP contribution in [0, 0.1) is 13.8 Å². The summed E-state index contributed by atoms with van der Waals surface area (Å²) in [5.74, 6) is -0.0318. The zero-order valence-corrected chi connectivity index (χ0v) is 12.6. The fourth-order valence-electron chi connectivity index (χ4n) is 2.13. The molecule has 2 aromatic rings. The third-order valence-electron chi connectivity index (χ3n) is 3.41. The molecule has 0 atom stereocenters. The number of carbonyl (C=O) groups excluding carboxylic acids is 1. The number of ether oxygens (including phenoxy) is 1. The molecule has 0 amide bonds. The largest absolute Gasteiger partial charge is 0.465 e. The maximum Gasteiger partial charge on any atom is 0.341 e. The van der Waals surface area contributed by atoms with Crippen LogP contribution in [0.25, 0.3) is 0 Å². The number of nitrogens with two attached hydrogens (primary N) is 1. The van der Waals surface area contributed by atoms with Crippen molar-refractivity contribution in [2.45, 2.75) is 20.4 Å². The zero-order chi connectivity index (χ0) is 15.6. The fraction of sp³-hybridized carbons (Fsp3) is 0.357. The topological polar surface area (TPSA) is 95.1 Å². The maximum absolute atomic E-state index is 11.8. The van der Waals surface area contributed by atoms with E-state index in [1.54, 1.807) is 6.07 Å². The monoisotopic (exact) mass is 289 g/mol. The first-order chi connectivity index (χ1) is 9.93. The van der Waals surface area contributed by atoms with E-state index >= 15 is 0 Å². The number of anilines is 2. The van der Waals surface area contributed by atoms with Crippen molar-refractivity contribution in [3.05, 3.63) is 34.8 Å². The van der Waals surface area contributed by atoms with Gasteiger partial charge in [-0.15, -0.1) is 0 Å². The SMILES string of the molecule is COC(=O)c1cc(N)cnc1NCc1c(C)nn(C)c1C. The van der Waals surface area contributed by atoms with E-state index in [-0.39, 0.29) is 0 Å². The molecular weight excluding hydrogens is 270 g/mol. The van der Waals surface area contributed by atoms with Crippen LogP contribution < -0.4 is 11.1 Å². The van der Waals surface area contributed by atoms with Gasteiger partial charge in [-0.2, -0.15) is 5.10 Å². The number of aryl methyl sites for hydroxylation is 2. The maximum atomic E-state index is 11.8. The van der Waals surface area contributed by atoms with Crippen LogP contribution in [0.2, 0.25) is 0 Å². The predicted molar refractivity (Wildman–Crippen MR) is 80.0 cm³/mol. The quantitative estimate of drug-likeness (QED) is 0.826. The molecule has 0 aliphatic carbocycles. The number of nitrogens with one attached hydrogen (secondary N) is 1. The van der Waals surface area contributed by atoms with E-state index in [1.807, 2.05) is 25.6 Å². The summed E-state index contributed by atoms with van der Waals surface area (Å²) in [7, 11) is 3.22. The molecule has 21 heavy (non-hydrogen) atoms. The summed E-state index contributed by atoms with van der Waals surface area (Å²) in [6, 6.07) is 1.55. The van der Waals surface area contributed by atoms with Gasteiger partial charge in [-0.1, -0.05) is 0 Å². The zero-order valence-electron chi connectivity index (χ0n) is 12.6. The Balaban J connectivity index is 2.26. The molecule has 112 valence electrons. The van der Waals surface area contributed by atoms with Gasteiger partial charge in [0.2, 0.25) is 0 Å². The Morgan fingerprint density at radius 1 is 1.48 bits per heavy atom. The molecule has 7 heteroatoms. The molecule has 0 saturated carbocycles. The van der Waals surface area contributed by atoms with E-state index in [0.717, 1.165) is 17.0 Å². The lowest BCUT2D eigenvalue weighted by molar-refractivity contribution is 0.0601. The van der Waals surface area contributed by atoms with Gasteiger partial charge in [0.15, 0.2) is 0 Å². The van der Waals surface area contributed by atoms with Gasteiger partial charge in [-0.25, -0.2) is 9.78 Å². The van der Waals surface area contributed by atoms with Crippen molar-refractivity contribution in [1.29, 1.82) is 0 Å². The predicted octanol–water partition coefficient (Wildman–Crippen LogP) is 1.41. The highest BCUT2D eigenvalue weighted by Gasteiger charge is 2.15. The normalized spacial score (nSPS) is 10.5. The summed E-state index contributed by atoms with van der Waals surface area (Å²) >= 11 is 0. The highest BCUT2D eigenvalue weighted by Crippen LogP contribution is 2.19. The summed E-state index contributed by atoms with van der Waals surface area (Å²) in [5, 5.41) is 7.50. The summed E-state index contributed by atoms with van der Waals surface area (Å²) in [6.07, 6.45) is 1.50. The van der Waals surface area contributed by atoms with Gasteiger partial charge in [0.05, 0.1) is 24.7 Å². The highest BCUT2D eigenvalue weighted by atomic mass is 16.5. The molecule has 0 unspecified atom stereocenters. The summed E-state index contributed by atoms with van der Waals surface area (Å²) < 4.78 is 6.57. The van der Waals surface area contributed by atoms with Gasteiger partial charge >= 0.3 is 5.97 Å². The van der Waals surface area contributed by atoms with Gasteiger partial charge < -0.3 is 15.8 Å². The van der Waals surface area contributed by atoms with E-state index in [0.29, 0.717) is 23.6 Å². The first-order valence-electron chi connectivity index (χ1n) is 6.50. The number of nitrogen functional groups attached to an aromatic ring is 1. The Kier molecular flexibility index (Phi) is 4.11. The lowest BCUT2D eigenvalue weighted by Crippen LogP contribution is -2.11. The highest BCUT2D eigenvalue weighted by molar-refractivity contribution is 5.95. The molecule has 0 saturated heterocycles. The van der Waals surface area contributed by atoms with Crippen molar-refractivity contribution >= 4 is 17.5 Å². The number of aromatic nitrogens is 3. The molecule has 7 nitrogen and oxygen atoms in total. The van der Waals surface area contributed by atoms with E-state index in [1.165, 1.54) is 13.3 Å². The lowest BCUT2D eigenvalue weighted by Gasteiger charge is -2.10. The van der Waals surface area contributed by atoms with E-state index in [4.69, 9.17) is 10.5 Å². The van der Waals surface area contributed by atoms with Gasteiger partial charge in [0, 0.05) is 24.8 Å². The molecule has 3 N–H and O–H groups in total. The molecule has 2 heterocycles. The minimum atomic E-state index is -0.475. The second-order valence-corrected chi connectivity index (χ2v) is 4.78. The number of esters is 1. The molecule has 0 aliphatic rings. The van der Waals surface area contributed by atoms with Gasteiger partial charge in [-0.05, 0) is 19.9 Å². The number of hydrogen-bond donors (Lipinski definition) is 2. The minimum absolute atomic E-state index is 0.316. The summed E-state index contributed by atoms with van der Waals surface area (Å²) in [4.78, 5) is 15.9. The minimum Gasteiger partial charge on any atom is -0.465 e. The molecular formula is C14H19N5O2. The Bertz CT molecular complexity index is 678. The Hall–Kier alpha value is -2.57. The van der Waals surface area contributed by atoms with Crippen LogP contribution in [-0.2, 0) is 18.3 Å². The first-order valence-corrected chi connectivity index (χ1v) is 6.50. The van der Waals surface area contributed by atoms with Crippen LogP contribution in [-0.4, -0.2) is 27.8 Å². The molecule has 0 spiro atoms. The number of methoxy groups -OCH3 is 1. The van der Waals surface area contributed by atoms with Gasteiger partial charge in [0.25, 0.3) is 0 Å². The van der Waals surface area contributed by atoms with Crippen LogP contribution in [0.15, 0.2) is 12.3 Å². The van der Waals surface area contributed by atoms with Crippen LogP contribution in [0.5, 0.6) is 0 Å². The van der Waals surface area contributed by atoms with Crippen molar-refractivity contribution in [3.8, 4) is 0 Å². The number of hydrogen-bond acceptors (Lipinski definition) is 6. The number of carbonyl (C=O) groups is 1. The van der Waals surface area contributed by atoms with E-state index < -0.39 is 5.97 Å². The second kappa shape index (κ2) is 5.82. The van der Waals surface area contributed by atoms with Gasteiger partial charge in [0.1, 0.15) is 11.4 Å². The molecule has 0 aliphatic heterocycles. The Morgan fingerprint density at radius 2 is 2.19 bits per heavy atom. The Labute approximate surface area is 123 Å². The molecule has 2 rings (SSSR count). The molecule has 0 radical (unpaired) electrons. The number of pyridine rings is 1. The fourth-order valence-corrected chi connectivity index (χ4v) is 2.13.